The highest BCUT2D eigenvalue weighted by Gasteiger charge is 2.35. The number of carbonyl (C=O) groups is 1. The standard InChI is InChI=1S/C18H29O6P/c1-8-21-16(19)11-15(25(20,23-9-2)24-10-3)14-12-22-17(13(14)4)18(5,6)7/h11-12H,8-10H2,1-7H3/b15-11+. The maximum atomic E-state index is 13.3. The molecule has 1 rings (SSSR count). The third-order valence-corrected chi connectivity index (χ3v) is 5.59. The van der Waals surface area contributed by atoms with E-state index in [0.717, 1.165) is 11.3 Å². The molecule has 0 unspecified atom stereocenters. The molecular formula is C18H29O6P. The van der Waals surface area contributed by atoms with Gasteiger partial charge in [0, 0.05) is 17.1 Å². The molecule has 6 nitrogen and oxygen atoms in total. The lowest BCUT2D eigenvalue weighted by atomic mass is 9.90. The lowest BCUT2D eigenvalue weighted by Crippen LogP contribution is -2.11. The van der Waals surface area contributed by atoms with Gasteiger partial charge in [-0.2, -0.15) is 0 Å². The third-order valence-electron chi connectivity index (χ3n) is 3.43. The van der Waals surface area contributed by atoms with E-state index in [9.17, 15) is 9.36 Å². The van der Waals surface area contributed by atoms with Crippen molar-refractivity contribution in [1.29, 1.82) is 0 Å². The van der Waals surface area contributed by atoms with E-state index in [1.165, 1.54) is 12.3 Å². The zero-order chi connectivity index (χ0) is 19.3. The number of rotatable bonds is 8. The quantitative estimate of drug-likeness (QED) is 0.361. The summed E-state index contributed by atoms with van der Waals surface area (Å²) in [7, 11) is -3.69. The Morgan fingerprint density at radius 1 is 1.16 bits per heavy atom. The highest BCUT2D eigenvalue weighted by atomic mass is 31.2. The monoisotopic (exact) mass is 372 g/mol. The first-order valence-corrected chi connectivity index (χ1v) is 10.0. The van der Waals surface area contributed by atoms with E-state index in [1.54, 1.807) is 20.8 Å². The van der Waals surface area contributed by atoms with Crippen molar-refractivity contribution in [3.63, 3.8) is 0 Å². The largest absolute Gasteiger partial charge is 0.468 e. The first-order chi connectivity index (χ1) is 11.6. The van der Waals surface area contributed by atoms with Gasteiger partial charge in [0.25, 0.3) is 0 Å². The summed E-state index contributed by atoms with van der Waals surface area (Å²) >= 11 is 0. The molecule has 0 saturated heterocycles. The zero-order valence-corrected chi connectivity index (χ0v) is 17.1. The fourth-order valence-electron chi connectivity index (χ4n) is 2.52. The van der Waals surface area contributed by atoms with E-state index in [4.69, 9.17) is 18.2 Å². The highest BCUT2D eigenvalue weighted by Crippen LogP contribution is 2.61. The van der Waals surface area contributed by atoms with Crippen LogP contribution in [0.15, 0.2) is 16.8 Å². The summed E-state index contributed by atoms with van der Waals surface area (Å²) in [6.45, 7) is 13.6. The number of carbonyl (C=O) groups excluding carboxylic acids is 1. The first-order valence-electron chi connectivity index (χ1n) is 8.47. The molecule has 0 saturated carbocycles. The third kappa shape index (κ3) is 5.30. The maximum Gasteiger partial charge on any atom is 0.362 e. The van der Waals surface area contributed by atoms with Gasteiger partial charge in [0.15, 0.2) is 0 Å². The minimum Gasteiger partial charge on any atom is -0.468 e. The summed E-state index contributed by atoms with van der Waals surface area (Å²) in [4.78, 5) is 12.0. The van der Waals surface area contributed by atoms with Crippen molar-refractivity contribution in [2.75, 3.05) is 19.8 Å². The van der Waals surface area contributed by atoms with Gasteiger partial charge in [-0.3, -0.25) is 4.57 Å². The predicted octanol–water partition coefficient (Wildman–Crippen LogP) is 5.06. The average molecular weight is 372 g/mol. The van der Waals surface area contributed by atoms with Gasteiger partial charge < -0.3 is 18.2 Å². The summed E-state index contributed by atoms with van der Waals surface area (Å²) in [6, 6.07) is 0. The van der Waals surface area contributed by atoms with Crippen LogP contribution in [0, 0.1) is 6.92 Å². The van der Waals surface area contributed by atoms with Crippen LogP contribution in [0.4, 0.5) is 0 Å². The molecule has 0 spiro atoms. The summed E-state index contributed by atoms with van der Waals surface area (Å²) < 4.78 is 34.9. The van der Waals surface area contributed by atoms with Crippen LogP contribution in [-0.4, -0.2) is 25.8 Å². The molecule has 0 N–H and O–H groups in total. The smallest absolute Gasteiger partial charge is 0.362 e. The Labute approximate surface area is 150 Å². The molecular weight excluding hydrogens is 343 g/mol. The molecule has 0 bridgehead atoms. The fraction of sp³-hybridized carbons (Fsp3) is 0.611. The van der Waals surface area contributed by atoms with E-state index in [1.807, 2.05) is 27.7 Å². The van der Waals surface area contributed by atoms with Gasteiger partial charge >= 0.3 is 13.6 Å². The first kappa shape index (κ1) is 21.7. The summed E-state index contributed by atoms with van der Waals surface area (Å²) in [5, 5.41) is 0.159. The molecule has 0 amide bonds. The SMILES string of the molecule is CCOC(=O)/C=C(\c1coc(C(C)(C)C)c1C)P(=O)(OCC)OCC. The summed E-state index contributed by atoms with van der Waals surface area (Å²) in [6.07, 6.45) is 2.67. The Morgan fingerprint density at radius 3 is 2.12 bits per heavy atom. The number of esters is 1. The van der Waals surface area contributed by atoms with Crippen molar-refractivity contribution in [3.8, 4) is 0 Å². The van der Waals surface area contributed by atoms with Crippen LogP contribution in [0.5, 0.6) is 0 Å². The Hall–Kier alpha value is -1.36. The van der Waals surface area contributed by atoms with Crippen LogP contribution >= 0.6 is 7.60 Å². The van der Waals surface area contributed by atoms with Crippen molar-refractivity contribution in [2.24, 2.45) is 0 Å². The topological polar surface area (TPSA) is 75.0 Å². The van der Waals surface area contributed by atoms with Crippen molar-refractivity contribution in [3.05, 3.63) is 29.2 Å². The second kappa shape index (κ2) is 8.84. The molecule has 1 aromatic heterocycles. The molecule has 1 heterocycles. The second-order valence-corrected chi connectivity index (χ2v) is 8.46. The Bertz CT molecular complexity index is 656. The van der Waals surface area contributed by atoms with Gasteiger partial charge in [-0.25, -0.2) is 4.79 Å². The molecule has 1 aromatic rings. The average Bonchev–Trinajstić information content (AvgIpc) is 2.87. The predicted molar refractivity (Wildman–Crippen MR) is 97.6 cm³/mol. The van der Waals surface area contributed by atoms with Gasteiger partial charge in [-0.05, 0) is 33.3 Å². The normalized spacial score (nSPS) is 13.2. The van der Waals surface area contributed by atoms with Crippen LogP contribution in [-0.2, 0) is 28.6 Å². The van der Waals surface area contributed by atoms with Gasteiger partial charge in [0.05, 0.1) is 31.4 Å². The Morgan fingerprint density at radius 2 is 1.72 bits per heavy atom. The van der Waals surface area contributed by atoms with Crippen LogP contribution in [0.1, 0.15) is 58.4 Å². The molecule has 142 valence electrons. The second-order valence-electron chi connectivity index (χ2n) is 6.47. The number of ether oxygens (including phenoxy) is 1. The maximum absolute atomic E-state index is 13.3. The molecule has 0 aliphatic heterocycles. The number of hydrogen-bond acceptors (Lipinski definition) is 6. The Balaban J connectivity index is 3.55. The molecule has 7 heteroatoms. The van der Waals surface area contributed by atoms with E-state index < -0.39 is 13.6 Å². The minimum absolute atomic E-state index is 0.159. The van der Waals surface area contributed by atoms with Crippen LogP contribution in [0.3, 0.4) is 0 Å². The van der Waals surface area contributed by atoms with E-state index in [-0.39, 0.29) is 30.5 Å². The van der Waals surface area contributed by atoms with E-state index in [0.29, 0.717) is 5.56 Å². The Kier molecular flexibility index (Phi) is 7.66. The molecule has 0 atom stereocenters. The molecule has 0 aliphatic rings. The van der Waals surface area contributed by atoms with Crippen molar-refractivity contribution in [2.45, 2.75) is 53.9 Å². The van der Waals surface area contributed by atoms with Crippen LogP contribution < -0.4 is 0 Å². The molecule has 0 fully saturated rings. The minimum atomic E-state index is -3.69. The van der Waals surface area contributed by atoms with Gasteiger partial charge in [-0.1, -0.05) is 20.8 Å². The molecule has 0 radical (unpaired) electrons. The lowest BCUT2D eigenvalue weighted by Gasteiger charge is -2.20. The molecule has 0 aromatic carbocycles. The van der Waals surface area contributed by atoms with E-state index >= 15 is 0 Å². The van der Waals surface area contributed by atoms with Crippen molar-refractivity contribution < 1.29 is 27.6 Å². The van der Waals surface area contributed by atoms with Gasteiger partial charge in [0.1, 0.15) is 5.76 Å². The van der Waals surface area contributed by atoms with Crippen molar-refractivity contribution >= 4 is 18.9 Å². The fourth-order valence-corrected chi connectivity index (χ4v) is 4.34. The molecule has 25 heavy (non-hydrogen) atoms. The highest BCUT2D eigenvalue weighted by molar-refractivity contribution is 7.65. The lowest BCUT2D eigenvalue weighted by molar-refractivity contribution is -0.137. The van der Waals surface area contributed by atoms with Gasteiger partial charge in [-0.15, -0.1) is 0 Å². The van der Waals surface area contributed by atoms with Crippen molar-refractivity contribution in [1.82, 2.24) is 0 Å². The number of hydrogen-bond donors (Lipinski definition) is 0. The molecule has 0 aliphatic carbocycles. The van der Waals surface area contributed by atoms with E-state index in [2.05, 4.69) is 0 Å². The number of furan rings is 1. The summed E-state index contributed by atoms with van der Waals surface area (Å²) in [5.74, 6) is 0.145. The van der Waals surface area contributed by atoms with Gasteiger partial charge in [0.2, 0.25) is 0 Å². The van der Waals surface area contributed by atoms with Crippen LogP contribution in [0.2, 0.25) is 0 Å². The zero-order valence-electron chi connectivity index (χ0n) is 16.2. The summed E-state index contributed by atoms with van der Waals surface area (Å²) in [5.41, 5.74) is 1.09. The van der Waals surface area contributed by atoms with Crippen LogP contribution in [0.25, 0.3) is 5.31 Å².